The number of carbonyl (C=O) groups is 1. The molecule has 0 aromatic heterocycles. The topological polar surface area (TPSA) is 38.3 Å². The van der Waals surface area contributed by atoms with E-state index in [2.05, 4.69) is 29.6 Å². The van der Waals surface area contributed by atoms with Crippen molar-refractivity contribution in [2.24, 2.45) is 0 Å². The highest BCUT2D eigenvalue weighted by Gasteiger charge is 2.13. The molecule has 0 bridgehead atoms. The van der Waals surface area contributed by atoms with Crippen molar-refractivity contribution < 1.29 is 9.53 Å². The molecule has 2 rings (SSSR count). The van der Waals surface area contributed by atoms with Crippen LogP contribution >= 0.6 is 11.8 Å². The Morgan fingerprint density at radius 1 is 1.13 bits per heavy atom. The van der Waals surface area contributed by atoms with E-state index < -0.39 is 0 Å². The lowest BCUT2D eigenvalue weighted by Gasteiger charge is -2.12. The number of ether oxygens (including phenoxy) is 1. The van der Waals surface area contributed by atoms with Gasteiger partial charge in [-0.1, -0.05) is 30.3 Å². The summed E-state index contributed by atoms with van der Waals surface area (Å²) in [7, 11) is 1.63. The van der Waals surface area contributed by atoms with Crippen molar-refractivity contribution >= 4 is 23.4 Å². The van der Waals surface area contributed by atoms with Gasteiger partial charge < -0.3 is 10.1 Å². The Kier molecular flexibility index (Phi) is 7.01. The Bertz CT molecular complexity index is 599. The highest BCUT2D eigenvalue weighted by atomic mass is 32.2. The SMILES string of the molecule is COc1ccc(NC(=O)[C@@H](C)SCCCc2ccccc2)cc1. The van der Waals surface area contributed by atoms with E-state index in [-0.39, 0.29) is 11.2 Å². The first kappa shape index (κ1) is 17.4. The number of hydrogen-bond acceptors (Lipinski definition) is 3. The number of benzene rings is 2. The molecule has 0 radical (unpaired) electrons. The molecular weight excluding hydrogens is 306 g/mol. The summed E-state index contributed by atoms with van der Waals surface area (Å²) in [5, 5.41) is 2.87. The van der Waals surface area contributed by atoms with E-state index >= 15 is 0 Å². The molecule has 122 valence electrons. The molecule has 1 amide bonds. The van der Waals surface area contributed by atoms with Crippen LogP contribution in [0, 0.1) is 0 Å². The predicted molar refractivity (Wildman–Crippen MR) is 98.3 cm³/mol. The normalized spacial score (nSPS) is 11.7. The molecule has 0 aliphatic rings. The summed E-state index contributed by atoms with van der Waals surface area (Å²) in [6.45, 7) is 1.95. The Balaban J connectivity index is 1.69. The van der Waals surface area contributed by atoms with E-state index in [0.29, 0.717) is 0 Å². The second kappa shape index (κ2) is 9.26. The quantitative estimate of drug-likeness (QED) is 0.730. The molecule has 0 saturated heterocycles. The fourth-order valence-electron chi connectivity index (χ4n) is 2.18. The van der Waals surface area contributed by atoms with Gasteiger partial charge >= 0.3 is 0 Å². The monoisotopic (exact) mass is 329 g/mol. The Hall–Kier alpha value is -1.94. The maximum atomic E-state index is 12.2. The third-order valence-electron chi connectivity index (χ3n) is 3.55. The van der Waals surface area contributed by atoms with Crippen molar-refractivity contribution in [1.29, 1.82) is 0 Å². The van der Waals surface area contributed by atoms with Crippen molar-refractivity contribution in [3.63, 3.8) is 0 Å². The average Bonchev–Trinajstić information content (AvgIpc) is 2.60. The summed E-state index contributed by atoms with van der Waals surface area (Å²) < 4.78 is 5.11. The lowest BCUT2D eigenvalue weighted by atomic mass is 10.1. The molecule has 3 nitrogen and oxygen atoms in total. The number of methoxy groups -OCH3 is 1. The second-order valence-electron chi connectivity index (χ2n) is 5.32. The summed E-state index contributed by atoms with van der Waals surface area (Å²) >= 11 is 1.69. The standard InChI is InChI=1S/C19H23NO2S/c1-15(23-14-6-9-16-7-4-3-5-8-16)19(21)20-17-10-12-18(22-2)13-11-17/h3-5,7-8,10-13,15H,6,9,14H2,1-2H3,(H,20,21)/t15-/m1/s1. The summed E-state index contributed by atoms with van der Waals surface area (Å²) in [6.07, 6.45) is 2.13. The van der Waals surface area contributed by atoms with Gasteiger partial charge in [0.1, 0.15) is 5.75 Å². The van der Waals surface area contributed by atoms with Gasteiger partial charge in [-0.25, -0.2) is 0 Å². The minimum atomic E-state index is -0.0622. The van der Waals surface area contributed by atoms with Crippen LogP contribution in [-0.2, 0) is 11.2 Å². The zero-order valence-electron chi connectivity index (χ0n) is 13.6. The summed E-state index contributed by atoms with van der Waals surface area (Å²) in [6, 6.07) is 17.8. The van der Waals surface area contributed by atoms with Gasteiger partial charge in [0, 0.05) is 5.69 Å². The van der Waals surface area contributed by atoms with Crippen LogP contribution in [-0.4, -0.2) is 24.0 Å². The van der Waals surface area contributed by atoms with Crippen LogP contribution in [0.25, 0.3) is 0 Å². The number of anilines is 1. The lowest BCUT2D eigenvalue weighted by Crippen LogP contribution is -2.22. The summed E-state index contributed by atoms with van der Waals surface area (Å²) in [4.78, 5) is 12.2. The van der Waals surface area contributed by atoms with Crippen LogP contribution in [0.4, 0.5) is 5.69 Å². The predicted octanol–water partition coefficient (Wildman–Crippen LogP) is 4.39. The number of amides is 1. The molecule has 0 heterocycles. The van der Waals surface area contributed by atoms with Crippen LogP contribution in [0.2, 0.25) is 0 Å². The third kappa shape index (κ3) is 5.99. The lowest BCUT2D eigenvalue weighted by molar-refractivity contribution is -0.115. The van der Waals surface area contributed by atoms with Gasteiger partial charge in [0.2, 0.25) is 5.91 Å². The molecule has 0 aliphatic carbocycles. The van der Waals surface area contributed by atoms with Gasteiger partial charge in [-0.2, -0.15) is 0 Å². The first-order valence-corrected chi connectivity index (χ1v) is 8.84. The highest BCUT2D eigenvalue weighted by Crippen LogP contribution is 2.18. The van der Waals surface area contributed by atoms with Gasteiger partial charge in [0.25, 0.3) is 0 Å². The van der Waals surface area contributed by atoms with Crippen LogP contribution in [0.3, 0.4) is 0 Å². The molecule has 2 aromatic carbocycles. The van der Waals surface area contributed by atoms with E-state index in [4.69, 9.17) is 4.74 Å². The van der Waals surface area contributed by atoms with E-state index in [1.807, 2.05) is 37.3 Å². The number of thioether (sulfide) groups is 1. The molecule has 0 spiro atoms. The Morgan fingerprint density at radius 3 is 2.48 bits per heavy atom. The van der Waals surface area contributed by atoms with Crippen molar-refractivity contribution in [3.05, 3.63) is 60.2 Å². The number of rotatable bonds is 8. The molecule has 0 aliphatic heterocycles. The second-order valence-corrected chi connectivity index (χ2v) is 6.77. The van der Waals surface area contributed by atoms with E-state index in [0.717, 1.165) is 30.0 Å². The largest absolute Gasteiger partial charge is 0.497 e. The fourth-order valence-corrected chi connectivity index (χ4v) is 3.05. The Labute approximate surface area is 142 Å². The van der Waals surface area contributed by atoms with E-state index in [9.17, 15) is 4.79 Å². The zero-order valence-corrected chi connectivity index (χ0v) is 14.4. The van der Waals surface area contributed by atoms with E-state index in [1.165, 1.54) is 5.56 Å². The summed E-state index contributed by atoms with van der Waals surface area (Å²) in [5.74, 6) is 1.80. The first-order chi connectivity index (χ1) is 11.2. The van der Waals surface area contributed by atoms with Crippen LogP contribution in [0.15, 0.2) is 54.6 Å². The number of nitrogens with one attached hydrogen (secondary N) is 1. The number of hydrogen-bond donors (Lipinski definition) is 1. The van der Waals surface area contributed by atoms with E-state index in [1.54, 1.807) is 18.9 Å². The minimum Gasteiger partial charge on any atom is -0.497 e. The van der Waals surface area contributed by atoms with Crippen LogP contribution in [0.1, 0.15) is 18.9 Å². The van der Waals surface area contributed by atoms with Gasteiger partial charge in [0.05, 0.1) is 12.4 Å². The third-order valence-corrected chi connectivity index (χ3v) is 4.79. The molecule has 0 fully saturated rings. The molecule has 23 heavy (non-hydrogen) atoms. The molecule has 2 aromatic rings. The maximum absolute atomic E-state index is 12.2. The zero-order chi connectivity index (χ0) is 16.5. The minimum absolute atomic E-state index is 0.0416. The molecule has 4 heteroatoms. The first-order valence-electron chi connectivity index (χ1n) is 7.79. The molecule has 0 unspecified atom stereocenters. The van der Waals surface area contributed by atoms with Gasteiger partial charge in [-0.15, -0.1) is 11.8 Å². The summed E-state index contributed by atoms with van der Waals surface area (Å²) in [5.41, 5.74) is 2.15. The van der Waals surface area contributed by atoms with Crippen molar-refractivity contribution in [2.45, 2.75) is 25.0 Å². The van der Waals surface area contributed by atoms with Crippen molar-refractivity contribution in [3.8, 4) is 5.75 Å². The number of carbonyl (C=O) groups excluding carboxylic acids is 1. The number of aryl methyl sites for hydroxylation is 1. The van der Waals surface area contributed by atoms with Crippen molar-refractivity contribution in [1.82, 2.24) is 0 Å². The van der Waals surface area contributed by atoms with Crippen LogP contribution < -0.4 is 10.1 Å². The Morgan fingerprint density at radius 2 is 1.83 bits per heavy atom. The average molecular weight is 329 g/mol. The van der Waals surface area contributed by atoms with Gasteiger partial charge in [-0.3, -0.25) is 4.79 Å². The van der Waals surface area contributed by atoms with Gasteiger partial charge in [-0.05, 0) is 55.3 Å². The highest BCUT2D eigenvalue weighted by molar-refractivity contribution is 8.00. The molecule has 1 N–H and O–H groups in total. The fraction of sp³-hybridized carbons (Fsp3) is 0.316. The van der Waals surface area contributed by atoms with Crippen molar-refractivity contribution in [2.75, 3.05) is 18.2 Å². The van der Waals surface area contributed by atoms with Gasteiger partial charge in [0.15, 0.2) is 0 Å². The molecular formula is C19H23NO2S. The molecule has 0 saturated carbocycles. The van der Waals surface area contributed by atoms with Crippen LogP contribution in [0.5, 0.6) is 5.75 Å². The molecule has 1 atom stereocenters. The smallest absolute Gasteiger partial charge is 0.237 e. The maximum Gasteiger partial charge on any atom is 0.237 e.